The first-order valence-corrected chi connectivity index (χ1v) is 10.7. The quantitative estimate of drug-likeness (QED) is 0.561. The van der Waals surface area contributed by atoms with Crippen molar-refractivity contribution in [1.82, 2.24) is 9.88 Å². The van der Waals surface area contributed by atoms with Crippen molar-refractivity contribution in [3.05, 3.63) is 48.3 Å². The van der Waals surface area contributed by atoms with Gasteiger partial charge >= 0.3 is 12.5 Å². The molecule has 178 valence electrons. The van der Waals surface area contributed by atoms with E-state index in [1.807, 2.05) is 0 Å². The molecule has 2 aromatic rings. The van der Waals surface area contributed by atoms with Gasteiger partial charge in [-0.1, -0.05) is 12.1 Å². The predicted octanol–water partition coefficient (Wildman–Crippen LogP) is 5.55. The van der Waals surface area contributed by atoms with E-state index in [0.717, 1.165) is 12.0 Å². The minimum atomic E-state index is -4.74. The number of nitrogens with zero attached hydrogens (tertiary/aromatic N) is 2. The molecule has 0 radical (unpaired) electrons. The molecule has 0 aliphatic carbocycles. The highest BCUT2D eigenvalue weighted by molar-refractivity contribution is 5.88. The minimum absolute atomic E-state index is 0.0424. The maximum absolute atomic E-state index is 12.8. The molecule has 1 atom stereocenters. The first-order chi connectivity index (χ1) is 15.4. The monoisotopic (exact) mass is 464 g/mol. The molecule has 0 bridgehead atoms. The number of ketones is 1. The summed E-state index contributed by atoms with van der Waals surface area (Å²) in [4.78, 5) is 31.0. The van der Waals surface area contributed by atoms with E-state index in [-0.39, 0.29) is 18.0 Å². The first kappa shape index (κ1) is 24.5. The number of amides is 1. The van der Waals surface area contributed by atoms with Crippen molar-refractivity contribution in [2.75, 3.05) is 6.54 Å². The Bertz CT molecular complexity index is 984. The van der Waals surface area contributed by atoms with Gasteiger partial charge in [0.2, 0.25) is 0 Å². The van der Waals surface area contributed by atoms with Crippen molar-refractivity contribution in [2.24, 2.45) is 0 Å². The average molecular weight is 464 g/mol. The van der Waals surface area contributed by atoms with E-state index in [1.165, 1.54) is 29.2 Å². The molecule has 1 aliphatic heterocycles. The number of benzene rings is 1. The number of hydrogen-bond donors (Lipinski definition) is 0. The van der Waals surface area contributed by atoms with Crippen molar-refractivity contribution in [3.63, 3.8) is 0 Å². The van der Waals surface area contributed by atoms with Crippen LogP contribution >= 0.6 is 0 Å². The summed E-state index contributed by atoms with van der Waals surface area (Å²) in [6.45, 7) is 5.85. The molecule has 2 heterocycles. The van der Waals surface area contributed by atoms with Crippen LogP contribution in [0.25, 0.3) is 11.1 Å². The molecule has 1 amide bonds. The van der Waals surface area contributed by atoms with Gasteiger partial charge in [-0.05, 0) is 75.4 Å². The third-order valence-electron chi connectivity index (χ3n) is 5.12. The molecule has 3 rings (SSSR count). The van der Waals surface area contributed by atoms with E-state index in [9.17, 15) is 22.8 Å². The fourth-order valence-corrected chi connectivity index (χ4v) is 3.70. The lowest BCUT2D eigenvalue weighted by Gasteiger charge is -2.28. The number of Topliss-reactive ketones (excluding diaryl/α,β-unsaturated/α-hetero) is 1. The number of aryl methyl sites for hydroxylation is 1. The molecule has 1 fully saturated rings. The summed E-state index contributed by atoms with van der Waals surface area (Å²) < 4.78 is 46.3. The number of aromatic nitrogens is 1. The van der Waals surface area contributed by atoms with Crippen LogP contribution in [0.5, 0.6) is 5.75 Å². The van der Waals surface area contributed by atoms with E-state index >= 15 is 0 Å². The topological polar surface area (TPSA) is 68.7 Å². The van der Waals surface area contributed by atoms with Gasteiger partial charge in [-0.25, -0.2) is 4.79 Å². The SMILES string of the molecule is CC(C)(C)OC(=O)N1CCC[C@H]1C(=O)CCc1cc(-c2ccc(OC(F)(F)F)cc2)ccn1. The van der Waals surface area contributed by atoms with Gasteiger partial charge in [-0.2, -0.15) is 0 Å². The number of ether oxygens (including phenoxy) is 2. The Kier molecular flexibility index (Phi) is 7.29. The Hall–Kier alpha value is -3.10. The van der Waals surface area contributed by atoms with E-state index < -0.39 is 24.1 Å². The fraction of sp³-hybridized carbons (Fsp3) is 0.458. The van der Waals surface area contributed by atoms with Gasteiger partial charge in [0.1, 0.15) is 11.4 Å². The second kappa shape index (κ2) is 9.80. The normalized spacial score (nSPS) is 16.5. The number of hydrogen-bond acceptors (Lipinski definition) is 5. The number of likely N-dealkylation sites (tertiary alicyclic amines) is 1. The second-order valence-electron chi connectivity index (χ2n) is 8.91. The average Bonchev–Trinajstić information content (AvgIpc) is 3.21. The zero-order valence-corrected chi connectivity index (χ0v) is 18.8. The van der Waals surface area contributed by atoms with Crippen LogP contribution in [-0.2, 0) is 16.0 Å². The Morgan fingerprint density at radius 2 is 1.79 bits per heavy atom. The fourth-order valence-electron chi connectivity index (χ4n) is 3.70. The molecular weight excluding hydrogens is 437 g/mol. The number of alkyl halides is 3. The number of rotatable bonds is 6. The van der Waals surface area contributed by atoms with Crippen molar-refractivity contribution in [3.8, 4) is 16.9 Å². The predicted molar refractivity (Wildman–Crippen MR) is 116 cm³/mol. The number of halogens is 3. The molecule has 0 unspecified atom stereocenters. The van der Waals surface area contributed by atoms with E-state index in [0.29, 0.717) is 30.6 Å². The van der Waals surface area contributed by atoms with E-state index in [2.05, 4.69) is 9.72 Å². The zero-order valence-electron chi connectivity index (χ0n) is 18.8. The standard InChI is InChI=1S/C24H27F3N2O4/c1-23(2,3)33-22(31)29-14-4-5-20(29)21(30)11-8-18-15-17(12-13-28-18)16-6-9-19(10-7-16)32-24(25,26)27/h6-7,9-10,12-13,15,20H,4-5,8,11,14H2,1-3H3/t20-/m0/s1. The van der Waals surface area contributed by atoms with Crippen molar-refractivity contribution < 1.29 is 32.2 Å². The minimum Gasteiger partial charge on any atom is -0.444 e. The largest absolute Gasteiger partial charge is 0.573 e. The molecule has 1 aromatic carbocycles. The van der Waals surface area contributed by atoms with Gasteiger partial charge < -0.3 is 9.47 Å². The summed E-state index contributed by atoms with van der Waals surface area (Å²) in [6, 6.07) is 8.60. The summed E-state index contributed by atoms with van der Waals surface area (Å²) in [5, 5.41) is 0. The smallest absolute Gasteiger partial charge is 0.444 e. The van der Waals surface area contributed by atoms with Crippen LogP contribution in [0.4, 0.5) is 18.0 Å². The van der Waals surface area contributed by atoms with E-state index in [1.54, 1.807) is 39.1 Å². The summed E-state index contributed by atoms with van der Waals surface area (Å²) in [5.41, 5.74) is 1.52. The highest BCUT2D eigenvalue weighted by Crippen LogP contribution is 2.27. The molecule has 1 saturated heterocycles. The second-order valence-corrected chi connectivity index (χ2v) is 8.91. The van der Waals surface area contributed by atoms with Crippen LogP contribution in [0.1, 0.15) is 45.7 Å². The Morgan fingerprint density at radius 1 is 1.09 bits per heavy atom. The van der Waals surface area contributed by atoms with Crippen molar-refractivity contribution in [1.29, 1.82) is 0 Å². The number of carbonyl (C=O) groups excluding carboxylic acids is 2. The maximum atomic E-state index is 12.8. The highest BCUT2D eigenvalue weighted by atomic mass is 19.4. The molecule has 0 N–H and O–H groups in total. The van der Waals surface area contributed by atoms with Crippen molar-refractivity contribution >= 4 is 11.9 Å². The van der Waals surface area contributed by atoms with E-state index in [4.69, 9.17) is 4.74 Å². The van der Waals surface area contributed by atoms with Gasteiger partial charge in [-0.15, -0.1) is 13.2 Å². The summed E-state index contributed by atoms with van der Waals surface area (Å²) in [6.07, 6.45) is -1.65. The lowest BCUT2D eigenvalue weighted by molar-refractivity contribution is -0.274. The summed E-state index contributed by atoms with van der Waals surface area (Å²) in [5.74, 6) is -0.337. The molecule has 1 aromatic heterocycles. The Labute approximate surface area is 190 Å². The Balaban J connectivity index is 1.61. The zero-order chi connectivity index (χ0) is 24.2. The summed E-state index contributed by atoms with van der Waals surface area (Å²) in [7, 11) is 0. The third kappa shape index (κ3) is 7.20. The first-order valence-electron chi connectivity index (χ1n) is 10.7. The Morgan fingerprint density at radius 3 is 2.42 bits per heavy atom. The van der Waals surface area contributed by atoms with Gasteiger partial charge in [0.05, 0.1) is 6.04 Å². The highest BCUT2D eigenvalue weighted by Gasteiger charge is 2.36. The molecule has 1 aliphatic rings. The van der Waals surface area contributed by atoms with Crippen LogP contribution in [0.15, 0.2) is 42.6 Å². The van der Waals surface area contributed by atoms with Gasteiger partial charge in [0.15, 0.2) is 5.78 Å². The molecule has 0 spiro atoms. The third-order valence-corrected chi connectivity index (χ3v) is 5.12. The van der Waals surface area contributed by atoms with Crippen LogP contribution in [0.3, 0.4) is 0 Å². The molecule has 6 nitrogen and oxygen atoms in total. The van der Waals surface area contributed by atoms with Gasteiger partial charge in [0.25, 0.3) is 0 Å². The van der Waals surface area contributed by atoms with Crippen LogP contribution in [0, 0.1) is 0 Å². The molecule has 33 heavy (non-hydrogen) atoms. The number of pyridine rings is 1. The van der Waals surface area contributed by atoms with Crippen LogP contribution < -0.4 is 4.74 Å². The molecule has 0 saturated carbocycles. The lowest BCUT2D eigenvalue weighted by atomic mass is 10.0. The van der Waals surface area contributed by atoms with Gasteiger partial charge in [-0.3, -0.25) is 14.7 Å². The number of carbonyl (C=O) groups is 2. The summed E-state index contributed by atoms with van der Waals surface area (Å²) >= 11 is 0. The molecule has 9 heteroatoms. The van der Waals surface area contributed by atoms with Crippen LogP contribution in [0.2, 0.25) is 0 Å². The molecular formula is C24H27F3N2O4. The lowest BCUT2D eigenvalue weighted by Crippen LogP contribution is -2.43. The maximum Gasteiger partial charge on any atom is 0.573 e. The van der Waals surface area contributed by atoms with Crippen LogP contribution in [-0.4, -0.2) is 46.3 Å². The van der Waals surface area contributed by atoms with Crippen molar-refractivity contribution in [2.45, 2.75) is 64.5 Å². The van der Waals surface area contributed by atoms with Gasteiger partial charge in [0, 0.05) is 24.9 Å².